The van der Waals surface area contributed by atoms with Gasteiger partial charge in [0.1, 0.15) is 6.54 Å². The number of carboxylic acids is 1. The van der Waals surface area contributed by atoms with E-state index in [1.54, 1.807) is 24.3 Å². The van der Waals surface area contributed by atoms with E-state index in [1.165, 1.54) is 19.3 Å². The monoisotopic (exact) mass is 369 g/mol. The van der Waals surface area contributed by atoms with Gasteiger partial charge in [-0.25, -0.2) is 9.48 Å². The number of amides is 1. The van der Waals surface area contributed by atoms with Crippen molar-refractivity contribution in [3.05, 3.63) is 40.3 Å². The molecule has 0 radical (unpaired) electrons. The fourth-order valence-corrected chi connectivity index (χ4v) is 4.95. The summed E-state index contributed by atoms with van der Waals surface area (Å²) in [6.45, 7) is 1.73. The van der Waals surface area contributed by atoms with Gasteiger partial charge in [0.15, 0.2) is 5.69 Å². The Balaban J connectivity index is 1.54. The summed E-state index contributed by atoms with van der Waals surface area (Å²) in [5.74, 6) is 0.429. The van der Waals surface area contributed by atoms with Crippen LogP contribution in [0.1, 0.15) is 43.1 Å². The van der Waals surface area contributed by atoms with E-state index in [0.717, 1.165) is 17.0 Å². The molecule has 0 aliphatic heterocycles. The third-order valence-electron chi connectivity index (χ3n) is 6.19. The largest absolute Gasteiger partial charge is 0.476 e. The lowest BCUT2D eigenvalue weighted by atomic mass is 9.84. The minimum absolute atomic E-state index is 0.0444. The molecule has 2 saturated carbocycles. The van der Waals surface area contributed by atoms with E-state index in [2.05, 4.69) is 10.4 Å². The van der Waals surface area contributed by atoms with Crippen LogP contribution in [0.25, 0.3) is 10.8 Å². The molecule has 1 aromatic heterocycles. The number of hydrogen-bond acceptors (Lipinski definition) is 4. The molecule has 1 heterocycles. The molecule has 4 atom stereocenters. The minimum atomic E-state index is -1.23. The van der Waals surface area contributed by atoms with Crippen LogP contribution in [0.5, 0.6) is 0 Å². The fraction of sp³-hybridized carbons (Fsp3) is 0.500. The van der Waals surface area contributed by atoms with E-state index in [4.69, 9.17) is 0 Å². The van der Waals surface area contributed by atoms with E-state index < -0.39 is 11.5 Å². The average Bonchev–Trinajstić information content (AvgIpc) is 3.27. The Bertz CT molecular complexity index is 967. The second-order valence-electron chi connectivity index (χ2n) is 7.86. The lowest BCUT2D eigenvalue weighted by molar-refractivity contribution is -0.123. The van der Waals surface area contributed by atoms with Crippen molar-refractivity contribution in [2.75, 3.05) is 0 Å². The van der Waals surface area contributed by atoms with E-state index in [1.807, 2.05) is 6.92 Å². The molecule has 27 heavy (non-hydrogen) atoms. The van der Waals surface area contributed by atoms with E-state index >= 15 is 0 Å². The van der Waals surface area contributed by atoms with Gasteiger partial charge in [-0.3, -0.25) is 9.59 Å². The molecule has 7 heteroatoms. The summed E-state index contributed by atoms with van der Waals surface area (Å²) in [5, 5.41) is 16.9. The quantitative estimate of drug-likeness (QED) is 0.840. The molecular formula is C20H23N3O4. The zero-order valence-corrected chi connectivity index (χ0v) is 15.2. The molecule has 1 aromatic carbocycles. The number of carbonyl (C=O) groups is 2. The first kappa shape index (κ1) is 17.7. The van der Waals surface area contributed by atoms with Crippen LogP contribution in [0.3, 0.4) is 0 Å². The second-order valence-corrected chi connectivity index (χ2v) is 7.86. The molecule has 2 fully saturated rings. The first-order chi connectivity index (χ1) is 12.9. The molecule has 2 bridgehead atoms. The number of carbonyl (C=O) groups excluding carboxylic acids is 1. The van der Waals surface area contributed by atoms with Gasteiger partial charge in [0.05, 0.1) is 5.39 Å². The van der Waals surface area contributed by atoms with Gasteiger partial charge in [0.25, 0.3) is 5.56 Å². The van der Waals surface area contributed by atoms with E-state index in [0.29, 0.717) is 11.8 Å². The fourth-order valence-electron chi connectivity index (χ4n) is 4.95. The first-order valence-corrected chi connectivity index (χ1v) is 9.46. The minimum Gasteiger partial charge on any atom is -0.476 e. The summed E-state index contributed by atoms with van der Waals surface area (Å²) in [5.41, 5.74) is -0.683. The Morgan fingerprint density at radius 2 is 2.00 bits per heavy atom. The standard InChI is InChI=1S/C20H23N3O4/c1-11(16-9-12-6-7-13(16)8-12)21-17(24)10-23-19(25)15-5-3-2-4-14(15)18(22-23)20(26)27/h2-5,11-13,16H,6-10H2,1H3,(H,21,24)(H,26,27)/t11-,12-,13-,16-/m0/s1. The number of benzene rings is 1. The summed E-state index contributed by atoms with van der Waals surface area (Å²) in [7, 11) is 0. The summed E-state index contributed by atoms with van der Waals surface area (Å²) >= 11 is 0. The van der Waals surface area contributed by atoms with Crippen LogP contribution in [-0.2, 0) is 11.3 Å². The summed E-state index contributed by atoms with van der Waals surface area (Å²) < 4.78 is 0.953. The molecule has 1 amide bonds. The topological polar surface area (TPSA) is 101 Å². The van der Waals surface area contributed by atoms with E-state index in [9.17, 15) is 19.5 Å². The third-order valence-corrected chi connectivity index (χ3v) is 6.19. The highest BCUT2D eigenvalue weighted by Gasteiger charge is 2.42. The summed E-state index contributed by atoms with van der Waals surface area (Å²) in [6, 6.07) is 6.47. The van der Waals surface area contributed by atoms with Crippen molar-refractivity contribution < 1.29 is 14.7 Å². The average molecular weight is 369 g/mol. The normalized spacial score (nSPS) is 24.9. The lowest BCUT2D eigenvalue weighted by Crippen LogP contribution is -2.43. The maximum atomic E-state index is 12.6. The highest BCUT2D eigenvalue weighted by molar-refractivity contribution is 6.01. The van der Waals surface area contributed by atoms with Crippen LogP contribution in [0.15, 0.2) is 29.1 Å². The van der Waals surface area contributed by atoms with Gasteiger partial charge in [-0.2, -0.15) is 5.10 Å². The molecular weight excluding hydrogens is 346 g/mol. The third kappa shape index (κ3) is 3.22. The van der Waals surface area contributed by atoms with Crippen molar-refractivity contribution in [1.82, 2.24) is 15.1 Å². The number of carboxylic acid groups (broad SMARTS) is 1. The Morgan fingerprint density at radius 1 is 1.26 bits per heavy atom. The Labute approximate surface area is 156 Å². The van der Waals surface area contributed by atoms with Crippen LogP contribution < -0.4 is 10.9 Å². The van der Waals surface area contributed by atoms with Crippen molar-refractivity contribution in [1.29, 1.82) is 0 Å². The number of nitrogens with zero attached hydrogens (tertiary/aromatic N) is 2. The smallest absolute Gasteiger partial charge is 0.357 e. The number of hydrogen-bond donors (Lipinski definition) is 2. The van der Waals surface area contributed by atoms with Crippen molar-refractivity contribution in [2.24, 2.45) is 17.8 Å². The van der Waals surface area contributed by atoms with Crippen LogP contribution >= 0.6 is 0 Å². The van der Waals surface area contributed by atoms with Gasteiger partial charge in [-0.05, 0) is 50.0 Å². The number of fused-ring (bicyclic) bond motifs is 3. The van der Waals surface area contributed by atoms with Crippen molar-refractivity contribution in [3.63, 3.8) is 0 Å². The molecule has 2 N–H and O–H groups in total. The van der Waals surface area contributed by atoms with Gasteiger partial charge in [-0.1, -0.05) is 24.6 Å². The molecule has 0 unspecified atom stereocenters. The van der Waals surface area contributed by atoms with Crippen molar-refractivity contribution >= 4 is 22.6 Å². The molecule has 2 aliphatic rings. The maximum Gasteiger partial charge on any atom is 0.357 e. The molecule has 0 spiro atoms. The van der Waals surface area contributed by atoms with Gasteiger partial charge >= 0.3 is 5.97 Å². The van der Waals surface area contributed by atoms with Crippen LogP contribution in [0, 0.1) is 17.8 Å². The van der Waals surface area contributed by atoms with Crippen molar-refractivity contribution in [3.8, 4) is 0 Å². The summed E-state index contributed by atoms with van der Waals surface area (Å²) in [4.78, 5) is 36.6. The van der Waals surface area contributed by atoms with Gasteiger partial charge in [0.2, 0.25) is 5.91 Å². The number of aromatic carboxylic acids is 1. The highest BCUT2D eigenvalue weighted by Crippen LogP contribution is 2.49. The van der Waals surface area contributed by atoms with Crippen LogP contribution in [0.4, 0.5) is 0 Å². The van der Waals surface area contributed by atoms with Crippen LogP contribution in [0.2, 0.25) is 0 Å². The van der Waals surface area contributed by atoms with Gasteiger partial charge in [0, 0.05) is 11.4 Å². The second kappa shape index (κ2) is 6.79. The zero-order chi connectivity index (χ0) is 19.1. The first-order valence-electron chi connectivity index (χ1n) is 9.46. The maximum absolute atomic E-state index is 12.6. The highest BCUT2D eigenvalue weighted by atomic mass is 16.4. The van der Waals surface area contributed by atoms with Crippen molar-refractivity contribution in [2.45, 2.75) is 45.2 Å². The van der Waals surface area contributed by atoms with Gasteiger partial charge < -0.3 is 10.4 Å². The molecule has 2 aliphatic carbocycles. The zero-order valence-electron chi connectivity index (χ0n) is 15.2. The Morgan fingerprint density at radius 3 is 2.63 bits per heavy atom. The summed E-state index contributed by atoms with van der Waals surface area (Å²) in [6.07, 6.45) is 4.96. The SMILES string of the molecule is C[C@H](NC(=O)Cn1nc(C(=O)O)c2ccccc2c1=O)[C@@H]1C[C@H]2CC[C@H]1C2. The van der Waals surface area contributed by atoms with Crippen LogP contribution in [-0.4, -0.2) is 32.8 Å². The molecule has 4 rings (SSSR count). The Kier molecular flexibility index (Phi) is 4.45. The van der Waals surface area contributed by atoms with Gasteiger partial charge in [-0.15, -0.1) is 0 Å². The lowest BCUT2D eigenvalue weighted by Gasteiger charge is -2.28. The molecule has 0 saturated heterocycles. The predicted molar refractivity (Wildman–Crippen MR) is 99.5 cm³/mol. The molecule has 7 nitrogen and oxygen atoms in total. The van der Waals surface area contributed by atoms with E-state index in [-0.39, 0.29) is 35.0 Å². The number of nitrogens with one attached hydrogen (secondary N) is 1. The predicted octanol–water partition coefficient (Wildman–Crippen LogP) is 2.04. The number of aromatic nitrogens is 2. The number of rotatable bonds is 5. The molecule has 142 valence electrons. The molecule has 2 aromatic rings. The Hall–Kier alpha value is -2.70.